The molecule has 10 heteroatoms. The normalized spacial score (nSPS) is 10.4. The van der Waals surface area contributed by atoms with Gasteiger partial charge < -0.3 is 30.7 Å². The van der Waals surface area contributed by atoms with Crippen molar-refractivity contribution in [3.8, 4) is 0 Å². The van der Waals surface area contributed by atoms with E-state index in [1.807, 2.05) is 0 Å². The van der Waals surface area contributed by atoms with Crippen LogP contribution in [0, 0.1) is 0 Å². The first-order valence-electron chi connectivity index (χ1n) is 12.9. The molecule has 10 nitrogen and oxygen atoms in total. The predicted molar refractivity (Wildman–Crippen MR) is 153 cm³/mol. The molecule has 0 aliphatic heterocycles. The molecule has 0 bridgehead atoms. The van der Waals surface area contributed by atoms with Gasteiger partial charge in [0, 0.05) is 51.6 Å². The van der Waals surface area contributed by atoms with Crippen LogP contribution in [0.5, 0.6) is 0 Å². The summed E-state index contributed by atoms with van der Waals surface area (Å²) in [6, 6.07) is 19.5. The number of nitrogens with one attached hydrogen (secondary N) is 4. The van der Waals surface area contributed by atoms with Crippen LogP contribution in [0.25, 0.3) is 0 Å². The third-order valence-electron chi connectivity index (χ3n) is 5.87. The van der Waals surface area contributed by atoms with Crippen molar-refractivity contribution in [3.05, 3.63) is 95.1 Å². The van der Waals surface area contributed by atoms with Gasteiger partial charge in [-0.25, -0.2) is 0 Å². The quantitative estimate of drug-likeness (QED) is 0.228. The fourth-order valence-electron chi connectivity index (χ4n) is 3.77. The lowest BCUT2D eigenvalue weighted by molar-refractivity contribution is 0.0940. The lowest BCUT2D eigenvalue weighted by atomic mass is 10.1. The number of hydrogen-bond acceptors (Lipinski definition) is 6. The number of amides is 4. The van der Waals surface area contributed by atoms with E-state index >= 15 is 0 Å². The second-order valence-corrected chi connectivity index (χ2v) is 8.78. The molecule has 4 amide bonds. The van der Waals surface area contributed by atoms with Crippen molar-refractivity contribution in [2.75, 3.05) is 51.2 Å². The topological polar surface area (TPSA) is 135 Å². The molecule has 0 heterocycles. The Balaban J connectivity index is 1.63. The van der Waals surface area contributed by atoms with Crippen LogP contribution in [0.3, 0.4) is 0 Å². The number of anilines is 2. The zero-order valence-corrected chi connectivity index (χ0v) is 22.6. The first-order chi connectivity index (χ1) is 19.4. The molecule has 0 saturated carbocycles. The monoisotopic (exact) mass is 546 g/mol. The van der Waals surface area contributed by atoms with E-state index in [0.717, 1.165) is 0 Å². The maximum atomic E-state index is 12.9. The summed E-state index contributed by atoms with van der Waals surface area (Å²) in [5, 5.41) is 11.1. The van der Waals surface area contributed by atoms with E-state index in [2.05, 4.69) is 21.3 Å². The summed E-state index contributed by atoms with van der Waals surface area (Å²) in [5.41, 5.74) is 2.04. The van der Waals surface area contributed by atoms with E-state index in [1.165, 1.54) is 24.3 Å². The first kappa shape index (κ1) is 30.0. The minimum atomic E-state index is -0.429. The Kier molecular flexibility index (Phi) is 11.8. The predicted octanol–water partition coefficient (Wildman–Crippen LogP) is 3.72. The van der Waals surface area contributed by atoms with Gasteiger partial charge in [-0.3, -0.25) is 19.2 Å². The van der Waals surface area contributed by atoms with Crippen LogP contribution < -0.4 is 21.3 Å². The fraction of sp³-hybridized carbons (Fsp3) is 0.267. The highest BCUT2D eigenvalue weighted by molar-refractivity contribution is 6.11. The first-order valence-corrected chi connectivity index (χ1v) is 12.9. The van der Waals surface area contributed by atoms with E-state index in [-0.39, 0.29) is 11.8 Å². The summed E-state index contributed by atoms with van der Waals surface area (Å²) in [6.45, 7) is 1.96. The van der Waals surface area contributed by atoms with Gasteiger partial charge in [-0.15, -0.1) is 0 Å². The van der Waals surface area contributed by atoms with E-state index in [1.54, 1.807) is 62.8 Å². The summed E-state index contributed by atoms with van der Waals surface area (Å²) < 4.78 is 9.98. The second-order valence-electron chi connectivity index (χ2n) is 8.78. The molecule has 3 aromatic rings. The van der Waals surface area contributed by atoms with Crippen LogP contribution in [0.4, 0.5) is 11.4 Å². The van der Waals surface area contributed by atoms with Gasteiger partial charge in [0.2, 0.25) is 0 Å². The van der Waals surface area contributed by atoms with E-state index in [0.29, 0.717) is 72.8 Å². The van der Waals surface area contributed by atoms with Crippen LogP contribution >= 0.6 is 0 Å². The summed E-state index contributed by atoms with van der Waals surface area (Å²) in [7, 11) is 3.19. The molecule has 40 heavy (non-hydrogen) atoms. The highest BCUT2D eigenvalue weighted by atomic mass is 16.5. The number of rotatable bonds is 14. The van der Waals surface area contributed by atoms with Crippen molar-refractivity contribution in [2.24, 2.45) is 0 Å². The van der Waals surface area contributed by atoms with Gasteiger partial charge in [-0.1, -0.05) is 24.3 Å². The molecule has 210 valence electrons. The molecule has 0 unspecified atom stereocenters. The van der Waals surface area contributed by atoms with Gasteiger partial charge in [-0.05, 0) is 61.4 Å². The fourth-order valence-corrected chi connectivity index (χ4v) is 3.77. The van der Waals surface area contributed by atoms with Gasteiger partial charge in [0.25, 0.3) is 23.6 Å². The number of hydrogen-bond donors (Lipinski definition) is 4. The molecule has 4 N–H and O–H groups in total. The van der Waals surface area contributed by atoms with Crippen LogP contribution in [-0.4, -0.2) is 64.2 Å². The molecule has 0 atom stereocenters. The van der Waals surface area contributed by atoms with Crippen molar-refractivity contribution in [1.29, 1.82) is 0 Å². The zero-order valence-electron chi connectivity index (χ0n) is 22.6. The van der Waals surface area contributed by atoms with Crippen molar-refractivity contribution < 1.29 is 28.7 Å². The van der Waals surface area contributed by atoms with Crippen molar-refractivity contribution in [2.45, 2.75) is 12.8 Å². The molecule has 0 aromatic heterocycles. The number of ether oxygens (including phenoxy) is 2. The molecule has 0 fully saturated rings. The van der Waals surface area contributed by atoms with E-state index < -0.39 is 11.8 Å². The molecule has 0 radical (unpaired) electrons. The zero-order chi connectivity index (χ0) is 28.7. The molecule has 3 aromatic carbocycles. The standard InChI is InChI=1S/C30H34N4O6/c1-39-19-7-17-31-29(37)23-9-3-5-11-25(23)33-27(35)21-13-15-22(16-14-21)28(36)34-26-12-6-4-10-24(26)30(38)32-18-8-20-40-2/h3-6,9-16H,7-8,17-20H2,1-2H3,(H,31,37)(H,32,38)(H,33,35)(H,34,36). The Labute approximate surface area is 233 Å². The van der Waals surface area contributed by atoms with Gasteiger partial charge >= 0.3 is 0 Å². The minimum absolute atomic E-state index is 0.303. The highest BCUT2D eigenvalue weighted by Crippen LogP contribution is 2.19. The van der Waals surface area contributed by atoms with Crippen molar-refractivity contribution in [1.82, 2.24) is 10.6 Å². The highest BCUT2D eigenvalue weighted by Gasteiger charge is 2.16. The third kappa shape index (κ3) is 8.75. The Morgan fingerprint density at radius 1 is 0.550 bits per heavy atom. The SMILES string of the molecule is COCCCNC(=O)c1ccccc1NC(=O)c1ccc(C(=O)Nc2ccccc2C(=O)NCCCOC)cc1. The number of carbonyl (C=O) groups is 4. The summed E-state index contributed by atoms with van der Waals surface area (Å²) in [6.07, 6.45) is 1.34. The molecule has 0 saturated heterocycles. The van der Waals surface area contributed by atoms with Crippen LogP contribution in [-0.2, 0) is 9.47 Å². The lowest BCUT2D eigenvalue weighted by Crippen LogP contribution is -2.27. The van der Waals surface area contributed by atoms with Gasteiger partial charge in [0.1, 0.15) is 0 Å². The van der Waals surface area contributed by atoms with Crippen LogP contribution in [0.15, 0.2) is 72.8 Å². The average molecular weight is 547 g/mol. The maximum absolute atomic E-state index is 12.9. The lowest BCUT2D eigenvalue weighted by Gasteiger charge is -2.13. The molecule has 0 aliphatic carbocycles. The molecular formula is C30H34N4O6. The maximum Gasteiger partial charge on any atom is 0.255 e. The Morgan fingerprint density at radius 2 is 0.925 bits per heavy atom. The van der Waals surface area contributed by atoms with Crippen molar-refractivity contribution >= 4 is 35.0 Å². The number of methoxy groups -OCH3 is 2. The van der Waals surface area contributed by atoms with Crippen LogP contribution in [0.1, 0.15) is 54.3 Å². The van der Waals surface area contributed by atoms with Gasteiger partial charge in [-0.2, -0.15) is 0 Å². The van der Waals surface area contributed by atoms with Gasteiger partial charge in [0.15, 0.2) is 0 Å². The summed E-state index contributed by atoms with van der Waals surface area (Å²) in [5.74, 6) is -1.46. The second kappa shape index (κ2) is 15.8. The molecule has 0 spiro atoms. The van der Waals surface area contributed by atoms with Gasteiger partial charge in [0.05, 0.1) is 22.5 Å². The Hall–Kier alpha value is -4.54. The third-order valence-corrected chi connectivity index (χ3v) is 5.87. The molecule has 3 rings (SSSR count). The number of para-hydroxylation sites is 2. The number of carbonyl (C=O) groups excluding carboxylic acids is 4. The van der Waals surface area contributed by atoms with E-state index in [4.69, 9.17) is 9.47 Å². The summed E-state index contributed by atoms with van der Waals surface area (Å²) in [4.78, 5) is 51.0. The smallest absolute Gasteiger partial charge is 0.255 e. The van der Waals surface area contributed by atoms with Crippen molar-refractivity contribution in [3.63, 3.8) is 0 Å². The van der Waals surface area contributed by atoms with Crippen LogP contribution in [0.2, 0.25) is 0 Å². The van der Waals surface area contributed by atoms with E-state index in [9.17, 15) is 19.2 Å². The summed E-state index contributed by atoms with van der Waals surface area (Å²) >= 11 is 0. The molecular weight excluding hydrogens is 512 g/mol. The largest absolute Gasteiger partial charge is 0.385 e. The number of benzene rings is 3. The Morgan fingerprint density at radius 3 is 1.30 bits per heavy atom. The average Bonchev–Trinajstić information content (AvgIpc) is 2.98. The molecule has 0 aliphatic rings. The minimum Gasteiger partial charge on any atom is -0.385 e. The Bertz CT molecular complexity index is 1210.